The van der Waals surface area contributed by atoms with Crippen LogP contribution in [0.15, 0.2) is 72.8 Å². The molecule has 6 rings (SSSR count). The number of fused-ring (bicyclic) bond motifs is 6. The molecule has 3 unspecified atom stereocenters. The molecule has 4 nitrogen and oxygen atoms in total. The first kappa shape index (κ1) is 21.0. The number of nitrogens with zero attached hydrogens (tertiary/aromatic N) is 1. The van der Waals surface area contributed by atoms with Gasteiger partial charge in [-0.05, 0) is 61.1 Å². The van der Waals surface area contributed by atoms with Gasteiger partial charge in [0, 0.05) is 40.8 Å². The van der Waals surface area contributed by atoms with Gasteiger partial charge in [-0.1, -0.05) is 55.5 Å². The molecule has 34 heavy (non-hydrogen) atoms. The molecule has 1 aliphatic carbocycles. The van der Waals surface area contributed by atoms with Gasteiger partial charge in [0.25, 0.3) is 5.91 Å². The Bertz CT molecular complexity index is 1430. The summed E-state index contributed by atoms with van der Waals surface area (Å²) in [5, 5.41) is 9.51. The van der Waals surface area contributed by atoms with Gasteiger partial charge >= 0.3 is 0 Å². The standard InChI is InChI=1S/C30H31N3O/c1-3-17-31-30(34)24-13-8-12-23-20-10-7-11-22(20)28(32-29(23)24)19-15-16-27-25(18-19)21-9-5-6-14-26(21)33(27)4-2/h5-10,12-16,18,20,22,28,32H,3-4,11,17H2,1-2H3,(H,31,34). The smallest absolute Gasteiger partial charge is 0.253 e. The Kier molecular flexibility index (Phi) is 5.17. The number of nitrogens with one attached hydrogen (secondary N) is 2. The van der Waals surface area contributed by atoms with Crippen molar-refractivity contribution in [3.63, 3.8) is 0 Å². The lowest BCUT2D eigenvalue weighted by atomic mass is 9.76. The van der Waals surface area contributed by atoms with Crippen LogP contribution in [0.25, 0.3) is 21.8 Å². The van der Waals surface area contributed by atoms with Crippen LogP contribution >= 0.6 is 0 Å². The Labute approximate surface area is 200 Å². The Balaban J connectivity index is 1.47. The number of carbonyl (C=O) groups is 1. The maximum Gasteiger partial charge on any atom is 0.253 e. The van der Waals surface area contributed by atoms with E-state index < -0.39 is 0 Å². The molecule has 3 atom stereocenters. The second-order valence-electron chi connectivity index (χ2n) is 9.54. The molecule has 0 saturated heterocycles. The molecule has 1 amide bonds. The first-order chi connectivity index (χ1) is 16.7. The van der Waals surface area contributed by atoms with Crippen LogP contribution < -0.4 is 10.6 Å². The third kappa shape index (κ3) is 3.16. The molecule has 2 heterocycles. The van der Waals surface area contributed by atoms with Crippen LogP contribution in [0.3, 0.4) is 0 Å². The van der Waals surface area contributed by atoms with Gasteiger partial charge in [-0.3, -0.25) is 4.79 Å². The highest BCUT2D eigenvalue weighted by molar-refractivity contribution is 6.08. The van der Waals surface area contributed by atoms with Crippen molar-refractivity contribution in [2.24, 2.45) is 5.92 Å². The predicted octanol–water partition coefficient (Wildman–Crippen LogP) is 6.78. The van der Waals surface area contributed by atoms with Crippen molar-refractivity contribution < 1.29 is 4.79 Å². The number of benzene rings is 3. The summed E-state index contributed by atoms with van der Waals surface area (Å²) in [5.41, 5.74) is 6.84. The lowest BCUT2D eigenvalue weighted by Gasteiger charge is -2.38. The quantitative estimate of drug-likeness (QED) is 0.330. The van der Waals surface area contributed by atoms with E-state index >= 15 is 0 Å². The SMILES string of the molecule is CCCNC(=O)c1cccc2c1NC(c1ccc3c(c1)c1ccccc1n3CC)C1CC=CC21. The zero-order chi connectivity index (χ0) is 23.2. The molecule has 4 heteroatoms. The van der Waals surface area contributed by atoms with Crippen LogP contribution in [-0.4, -0.2) is 17.0 Å². The summed E-state index contributed by atoms with van der Waals surface area (Å²) in [5.74, 6) is 0.776. The van der Waals surface area contributed by atoms with Crippen molar-refractivity contribution in [2.45, 2.75) is 45.2 Å². The summed E-state index contributed by atoms with van der Waals surface area (Å²) in [7, 11) is 0. The molecule has 0 radical (unpaired) electrons. The van der Waals surface area contributed by atoms with E-state index in [4.69, 9.17) is 0 Å². The second-order valence-corrected chi connectivity index (χ2v) is 9.54. The van der Waals surface area contributed by atoms with Crippen molar-refractivity contribution in [3.05, 3.63) is 89.5 Å². The maximum absolute atomic E-state index is 13.0. The van der Waals surface area contributed by atoms with Crippen LogP contribution in [0.1, 0.15) is 60.1 Å². The van der Waals surface area contributed by atoms with E-state index in [1.54, 1.807) is 0 Å². The number of amides is 1. The van der Waals surface area contributed by atoms with Crippen LogP contribution in [0, 0.1) is 5.92 Å². The van der Waals surface area contributed by atoms with E-state index in [9.17, 15) is 4.79 Å². The number of allylic oxidation sites excluding steroid dienone is 2. The molecule has 3 aromatic carbocycles. The van der Waals surface area contributed by atoms with Crippen molar-refractivity contribution >= 4 is 33.4 Å². The summed E-state index contributed by atoms with van der Waals surface area (Å²) >= 11 is 0. The minimum atomic E-state index is 0.00634. The first-order valence-electron chi connectivity index (χ1n) is 12.6. The first-order valence-corrected chi connectivity index (χ1v) is 12.6. The zero-order valence-electron chi connectivity index (χ0n) is 19.8. The Morgan fingerprint density at radius 1 is 1.03 bits per heavy atom. The van der Waals surface area contributed by atoms with E-state index in [1.165, 1.54) is 32.9 Å². The average molecular weight is 450 g/mol. The second kappa shape index (κ2) is 8.35. The molecular weight excluding hydrogens is 418 g/mol. The third-order valence-corrected chi connectivity index (χ3v) is 7.65. The van der Waals surface area contributed by atoms with Gasteiger partial charge < -0.3 is 15.2 Å². The topological polar surface area (TPSA) is 46.1 Å². The number of para-hydroxylation sites is 2. The lowest BCUT2D eigenvalue weighted by molar-refractivity contribution is 0.0954. The fourth-order valence-corrected chi connectivity index (χ4v) is 6.08. The van der Waals surface area contributed by atoms with Gasteiger partial charge in [0.05, 0.1) is 17.3 Å². The van der Waals surface area contributed by atoms with E-state index in [0.717, 1.165) is 30.6 Å². The number of rotatable bonds is 5. The zero-order valence-corrected chi connectivity index (χ0v) is 19.8. The fraction of sp³-hybridized carbons (Fsp3) is 0.300. The number of anilines is 1. The van der Waals surface area contributed by atoms with E-state index in [-0.39, 0.29) is 11.9 Å². The monoisotopic (exact) mass is 449 g/mol. The summed E-state index contributed by atoms with van der Waals surface area (Å²) in [6, 6.07) is 21.9. The van der Waals surface area contributed by atoms with Crippen LogP contribution in [0.4, 0.5) is 5.69 Å². The molecule has 1 aromatic heterocycles. The van der Waals surface area contributed by atoms with E-state index in [2.05, 4.69) is 89.7 Å². The van der Waals surface area contributed by atoms with Crippen molar-refractivity contribution in [1.29, 1.82) is 0 Å². The molecule has 1 aliphatic heterocycles. The largest absolute Gasteiger partial charge is 0.377 e. The molecular formula is C30H31N3O. The third-order valence-electron chi connectivity index (χ3n) is 7.65. The number of aromatic nitrogens is 1. The van der Waals surface area contributed by atoms with E-state index in [0.29, 0.717) is 18.4 Å². The predicted molar refractivity (Wildman–Crippen MR) is 141 cm³/mol. The highest BCUT2D eigenvalue weighted by Crippen LogP contribution is 2.51. The summed E-state index contributed by atoms with van der Waals surface area (Å²) in [6.07, 6.45) is 6.62. The Morgan fingerprint density at radius 2 is 1.88 bits per heavy atom. The van der Waals surface area contributed by atoms with Gasteiger partial charge in [0.2, 0.25) is 0 Å². The van der Waals surface area contributed by atoms with Gasteiger partial charge in [0.1, 0.15) is 0 Å². The molecule has 2 N–H and O–H groups in total. The van der Waals surface area contributed by atoms with Gasteiger partial charge in [-0.25, -0.2) is 0 Å². The minimum Gasteiger partial charge on any atom is -0.377 e. The Morgan fingerprint density at radius 3 is 2.74 bits per heavy atom. The van der Waals surface area contributed by atoms with Gasteiger partial charge in [0.15, 0.2) is 0 Å². The highest BCUT2D eigenvalue weighted by Gasteiger charge is 2.39. The number of carbonyl (C=O) groups excluding carboxylic acids is 1. The number of hydrogen-bond acceptors (Lipinski definition) is 2. The Hall–Kier alpha value is -3.53. The van der Waals surface area contributed by atoms with Crippen molar-refractivity contribution in [2.75, 3.05) is 11.9 Å². The van der Waals surface area contributed by atoms with Crippen LogP contribution in [-0.2, 0) is 6.54 Å². The number of hydrogen-bond donors (Lipinski definition) is 2. The van der Waals surface area contributed by atoms with Gasteiger partial charge in [-0.15, -0.1) is 0 Å². The van der Waals surface area contributed by atoms with Crippen LogP contribution in [0.5, 0.6) is 0 Å². The molecule has 2 aliphatic rings. The summed E-state index contributed by atoms with van der Waals surface area (Å²) < 4.78 is 2.40. The molecule has 0 spiro atoms. The van der Waals surface area contributed by atoms with Gasteiger partial charge in [-0.2, -0.15) is 0 Å². The van der Waals surface area contributed by atoms with Crippen molar-refractivity contribution in [3.8, 4) is 0 Å². The van der Waals surface area contributed by atoms with E-state index in [1.807, 2.05) is 12.1 Å². The molecule has 4 aromatic rings. The molecule has 0 saturated carbocycles. The van der Waals surface area contributed by atoms with Crippen molar-refractivity contribution in [1.82, 2.24) is 9.88 Å². The lowest BCUT2D eigenvalue weighted by Crippen LogP contribution is -2.32. The summed E-state index contributed by atoms with van der Waals surface area (Å²) in [6.45, 7) is 5.92. The summed E-state index contributed by atoms with van der Waals surface area (Å²) in [4.78, 5) is 13.0. The molecule has 0 bridgehead atoms. The minimum absolute atomic E-state index is 0.00634. The molecule has 172 valence electrons. The normalized spacial score (nSPS) is 20.8. The van der Waals surface area contributed by atoms with Crippen LogP contribution in [0.2, 0.25) is 0 Å². The average Bonchev–Trinajstić information content (AvgIpc) is 3.49. The highest BCUT2D eigenvalue weighted by atomic mass is 16.1. The fourth-order valence-electron chi connectivity index (χ4n) is 6.08. The maximum atomic E-state index is 13.0. The number of aryl methyl sites for hydroxylation is 1. The molecule has 0 fully saturated rings.